The van der Waals surface area contributed by atoms with E-state index in [0.29, 0.717) is 5.69 Å². The van der Waals surface area contributed by atoms with E-state index in [4.69, 9.17) is 5.73 Å². The van der Waals surface area contributed by atoms with Gasteiger partial charge in [0.15, 0.2) is 0 Å². The van der Waals surface area contributed by atoms with Gasteiger partial charge in [-0.25, -0.2) is 9.97 Å². The maximum absolute atomic E-state index is 5.68. The molecule has 0 radical (unpaired) electrons. The summed E-state index contributed by atoms with van der Waals surface area (Å²) in [5, 5.41) is 0.942. The molecule has 1 aromatic carbocycles. The highest BCUT2D eigenvalue weighted by Crippen LogP contribution is 2.27. The molecule has 0 saturated heterocycles. The molecule has 0 aliphatic heterocycles. The minimum absolute atomic E-state index is 0.706. The van der Waals surface area contributed by atoms with Gasteiger partial charge in [0.1, 0.15) is 6.33 Å². The highest BCUT2D eigenvalue weighted by atomic mass is 79.9. The first-order chi connectivity index (χ1) is 5.79. The third-order valence-corrected chi connectivity index (χ3v) is 2.54. The zero-order valence-corrected chi connectivity index (χ0v) is 7.75. The maximum atomic E-state index is 5.68. The molecule has 0 saturated carbocycles. The molecule has 0 unspecified atom stereocenters. The van der Waals surface area contributed by atoms with Crippen LogP contribution in [0.5, 0.6) is 0 Å². The van der Waals surface area contributed by atoms with Crippen LogP contribution in [0.3, 0.4) is 0 Å². The first kappa shape index (κ1) is 7.49. The number of nitrogen functional groups attached to an aromatic ring is 1. The Morgan fingerprint density at radius 3 is 3.00 bits per heavy atom. The zero-order chi connectivity index (χ0) is 8.55. The van der Waals surface area contributed by atoms with Gasteiger partial charge in [-0.3, -0.25) is 0 Å². The average molecular weight is 224 g/mol. The van der Waals surface area contributed by atoms with Gasteiger partial charge in [0.25, 0.3) is 0 Å². The first-order valence-electron chi connectivity index (χ1n) is 3.43. The highest BCUT2D eigenvalue weighted by molar-refractivity contribution is 9.10. The number of halogens is 1. The number of hydrogen-bond donors (Lipinski definition) is 1. The predicted octanol–water partition coefficient (Wildman–Crippen LogP) is 1.97. The van der Waals surface area contributed by atoms with E-state index in [2.05, 4.69) is 25.9 Å². The summed E-state index contributed by atoms with van der Waals surface area (Å²) in [4.78, 5) is 8.00. The molecule has 4 heteroatoms. The molecule has 1 heterocycles. The average Bonchev–Trinajstić information content (AvgIpc) is 2.12. The van der Waals surface area contributed by atoms with Gasteiger partial charge >= 0.3 is 0 Å². The van der Waals surface area contributed by atoms with E-state index >= 15 is 0 Å². The molecule has 3 nitrogen and oxygen atoms in total. The largest absolute Gasteiger partial charge is 0.398 e. The second-order valence-electron chi connectivity index (χ2n) is 2.42. The smallest absolute Gasteiger partial charge is 0.116 e. The Hall–Kier alpha value is -1.16. The second kappa shape index (κ2) is 2.71. The summed E-state index contributed by atoms with van der Waals surface area (Å²) >= 11 is 3.38. The number of fused-ring (bicyclic) bond motifs is 1. The summed E-state index contributed by atoms with van der Waals surface area (Å²) in [5.41, 5.74) is 7.28. The van der Waals surface area contributed by atoms with Gasteiger partial charge in [-0.1, -0.05) is 0 Å². The molecule has 0 amide bonds. The van der Waals surface area contributed by atoms with Crippen molar-refractivity contribution in [1.29, 1.82) is 0 Å². The Morgan fingerprint density at radius 2 is 2.17 bits per heavy atom. The van der Waals surface area contributed by atoms with Crippen LogP contribution in [0.2, 0.25) is 0 Å². The summed E-state index contributed by atoms with van der Waals surface area (Å²) in [6, 6.07) is 3.69. The molecule has 0 bridgehead atoms. The molecular weight excluding hydrogens is 218 g/mol. The standard InChI is InChI=1S/C8H6BrN3/c9-8-5-3-11-4-12-7(5)2-1-6(8)10/h1-4H,10H2. The lowest BCUT2D eigenvalue weighted by Gasteiger charge is -2.00. The Balaban J connectivity index is 2.91. The van der Waals surface area contributed by atoms with E-state index in [1.165, 1.54) is 6.33 Å². The van der Waals surface area contributed by atoms with Crippen molar-refractivity contribution in [3.63, 3.8) is 0 Å². The van der Waals surface area contributed by atoms with E-state index in [0.717, 1.165) is 15.4 Å². The monoisotopic (exact) mass is 223 g/mol. The van der Waals surface area contributed by atoms with Gasteiger partial charge in [-0.05, 0) is 28.1 Å². The van der Waals surface area contributed by atoms with Crippen molar-refractivity contribution in [2.45, 2.75) is 0 Å². The minimum Gasteiger partial charge on any atom is -0.398 e. The summed E-state index contributed by atoms with van der Waals surface area (Å²) in [5.74, 6) is 0. The van der Waals surface area contributed by atoms with E-state index < -0.39 is 0 Å². The van der Waals surface area contributed by atoms with Crippen LogP contribution in [0.1, 0.15) is 0 Å². The van der Waals surface area contributed by atoms with Crippen molar-refractivity contribution < 1.29 is 0 Å². The van der Waals surface area contributed by atoms with Crippen LogP contribution in [-0.2, 0) is 0 Å². The maximum Gasteiger partial charge on any atom is 0.116 e. The molecule has 0 fully saturated rings. The van der Waals surface area contributed by atoms with Gasteiger partial charge < -0.3 is 5.73 Å². The van der Waals surface area contributed by atoms with Crippen molar-refractivity contribution in [2.24, 2.45) is 0 Å². The normalized spacial score (nSPS) is 10.4. The number of hydrogen-bond acceptors (Lipinski definition) is 3. The minimum atomic E-state index is 0.706. The van der Waals surface area contributed by atoms with Crippen molar-refractivity contribution in [1.82, 2.24) is 9.97 Å². The van der Waals surface area contributed by atoms with Gasteiger partial charge in [0.05, 0.1) is 9.99 Å². The summed E-state index contributed by atoms with van der Waals surface area (Å²) in [6.07, 6.45) is 3.26. The molecule has 0 aliphatic rings. The van der Waals surface area contributed by atoms with E-state index in [9.17, 15) is 0 Å². The zero-order valence-electron chi connectivity index (χ0n) is 6.16. The number of anilines is 1. The molecular formula is C8H6BrN3. The van der Waals surface area contributed by atoms with Crippen LogP contribution in [0.15, 0.2) is 29.1 Å². The molecule has 2 rings (SSSR count). The fourth-order valence-electron chi connectivity index (χ4n) is 1.04. The SMILES string of the molecule is Nc1ccc2ncncc2c1Br. The van der Waals surface area contributed by atoms with E-state index in [1.54, 1.807) is 6.20 Å². The van der Waals surface area contributed by atoms with Crippen LogP contribution < -0.4 is 5.73 Å². The van der Waals surface area contributed by atoms with Gasteiger partial charge in [0.2, 0.25) is 0 Å². The fourth-order valence-corrected chi connectivity index (χ4v) is 1.48. The molecule has 2 aromatic rings. The number of nitrogens with zero attached hydrogens (tertiary/aromatic N) is 2. The summed E-state index contributed by atoms with van der Waals surface area (Å²) in [6.45, 7) is 0. The number of rotatable bonds is 0. The number of benzene rings is 1. The van der Waals surface area contributed by atoms with Gasteiger partial charge in [-0.15, -0.1) is 0 Å². The Kier molecular flexibility index (Phi) is 1.69. The van der Waals surface area contributed by atoms with Crippen molar-refractivity contribution in [3.05, 3.63) is 29.1 Å². The number of nitrogens with two attached hydrogens (primary N) is 1. The van der Waals surface area contributed by atoms with Crippen LogP contribution in [-0.4, -0.2) is 9.97 Å². The topological polar surface area (TPSA) is 51.8 Å². The molecule has 2 N–H and O–H groups in total. The second-order valence-corrected chi connectivity index (χ2v) is 3.22. The summed E-state index contributed by atoms with van der Waals surface area (Å²) < 4.78 is 0.862. The molecule has 0 spiro atoms. The molecule has 1 aromatic heterocycles. The van der Waals surface area contributed by atoms with Crippen molar-refractivity contribution >= 4 is 32.5 Å². The third kappa shape index (κ3) is 1.04. The van der Waals surface area contributed by atoms with Gasteiger partial charge in [0, 0.05) is 17.3 Å². The molecule has 12 heavy (non-hydrogen) atoms. The Bertz CT molecular complexity index is 428. The Morgan fingerprint density at radius 1 is 1.33 bits per heavy atom. The lowest BCUT2D eigenvalue weighted by Crippen LogP contribution is -1.88. The predicted molar refractivity (Wildman–Crippen MR) is 51.7 cm³/mol. The van der Waals surface area contributed by atoms with Crippen LogP contribution in [0.4, 0.5) is 5.69 Å². The molecule has 0 atom stereocenters. The van der Waals surface area contributed by atoms with Crippen LogP contribution in [0, 0.1) is 0 Å². The van der Waals surface area contributed by atoms with Crippen molar-refractivity contribution in [2.75, 3.05) is 5.73 Å². The first-order valence-corrected chi connectivity index (χ1v) is 4.22. The van der Waals surface area contributed by atoms with Crippen LogP contribution >= 0.6 is 15.9 Å². The van der Waals surface area contributed by atoms with Gasteiger partial charge in [-0.2, -0.15) is 0 Å². The number of aromatic nitrogens is 2. The molecule has 0 aliphatic carbocycles. The third-order valence-electron chi connectivity index (χ3n) is 1.65. The van der Waals surface area contributed by atoms with E-state index in [1.807, 2.05) is 12.1 Å². The Labute approximate surface area is 77.8 Å². The lowest BCUT2D eigenvalue weighted by molar-refractivity contribution is 1.22. The van der Waals surface area contributed by atoms with Crippen molar-refractivity contribution in [3.8, 4) is 0 Å². The fraction of sp³-hybridized carbons (Fsp3) is 0. The lowest BCUT2D eigenvalue weighted by atomic mass is 10.2. The highest BCUT2D eigenvalue weighted by Gasteiger charge is 2.01. The quantitative estimate of drug-likeness (QED) is 0.696. The molecule has 60 valence electrons. The summed E-state index contributed by atoms with van der Waals surface area (Å²) in [7, 11) is 0. The van der Waals surface area contributed by atoms with Crippen LogP contribution in [0.25, 0.3) is 10.9 Å². The van der Waals surface area contributed by atoms with E-state index in [-0.39, 0.29) is 0 Å².